The highest BCUT2D eigenvalue weighted by Gasteiger charge is 2.22. The minimum absolute atomic E-state index is 0. The predicted octanol–water partition coefficient (Wildman–Crippen LogP) is -2.44. The molecule has 1 fully saturated rings. The SMILES string of the molecule is Cc1cc(N2CCN(C(=O)Cn3cc[n+](C)c3)CC2)ccc1N.[Cl-]. The number of benzene rings is 1. The van der Waals surface area contributed by atoms with Crippen LogP contribution in [0.4, 0.5) is 11.4 Å². The molecule has 0 unspecified atom stereocenters. The van der Waals surface area contributed by atoms with Gasteiger partial charge in [-0.3, -0.25) is 4.79 Å². The van der Waals surface area contributed by atoms with Gasteiger partial charge in [-0.15, -0.1) is 0 Å². The van der Waals surface area contributed by atoms with Crippen LogP contribution in [-0.2, 0) is 18.4 Å². The fourth-order valence-corrected chi connectivity index (χ4v) is 2.92. The second-order valence-electron chi connectivity index (χ2n) is 6.16. The van der Waals surface area contributed by atoms with E-state index < -0.39 is 0 Å². The Labute approximate surface area is 148 Å². The van der Waals surface area contributed by atoms with Crippen LogP contribution in [0.2, 0.25) is 0 Å². The number of nitrogens with zero attached hydrogens (tertiary/aromatic N) is 4. The molecule has 2 aromatic rings. The molecule has 0 atom stereocenters. The van der Waals surface area contributed by atoms with Gasteiger partial charge in [-0.25, -0.2) is 9.13 Å². The highest BCUT2D eigenvalue weighted by atomic mass is 35.5. The number of carbonyl (C=O) groups is 1. The van der Waals surface area contributed by atoms with Crippen molar-refractivity contribution < 1.29 is 21.8 Å². The molecule has 0 aliphatic carbocycles. The van der Waals surface area contributed by atoms with E-state index in [1.165, 1.54) is 5.69 Å². The molecule has 1 aromatic heterocycles. The molecule has 0 spiro atoms. The van der Waals surface area contributed by atoms with Crippen molar-refractivity contribution in [3.8, 4) is 0 Å². The maximum Gasteiger partial charge on any atom is 0.264 e. The fourth-order valence-electron chi connectivity index (χ4n) is 2.92. The summed E-state index contributed by atoms with van der Waals surface area (Å²) in [6, 6.07) is 6.13. The molecule has 0 saturated carbocycles. The number of hydrogen-bond donors (Lipinski definition) is 1. The molecule has 0 radical (unpaired) electrons. The molecule has 1 amide bonds. The average Bonchev–Trinajstić information content (AvgIpc) is 2.95. The molecule has 1 aromatic carbocycles. The zero-order valence-electron chi connectivity index (χ0n) is 14.2. The smallest absolute Gasteiger partial charge is 0.264 e. The Balaban J connectivity index is 0.00000208. The number of amides is 1. The van der Waals surface area contributed by atoms with E-state index in [0.717, 1.165) is 37.4 Å². The van der Waals surface area contributed by atoms with Gasteiger partial charge in [-0.1, -0.05) is 0 Å². The number of aryl methyl sites for hydroxylation is 2. The van der Waals surface area contributed by atoms with E-state index >= 15 is 0 Å². The van der Waals surface area contributed by atoms with Gasteiger partial charge in [0.05, 0.1) is 7.05 Å². The van der Waals surface area contributed by atoms with Gasteiger partial charge in [0.25, 0.3) is 5.91 Å². The van der Waals surface area contributed by atoms with Crippen molar-refractivity contribution >= 4 is 17.3 Å². The predicted molar refractivity (Wildman–Crippen MR) is 90.0 cm³/mol. The van der Waals surface area contributed by atoms with Gasteiger partial charge in [-0.05, 0) is 30.7 Å². The fraction of sp³-hybridized carbons (Fsp3) is 0.412. The third-order valence-electron chi connectivity index (χ3n) is 4.39. The van der Waals surface area contributed by atoms with Gasteiger partial charge in [0.1, 0.15) is 12.4 Å². The number of halogens is 1. The third-order valence-corrected chi connectivity index (χ3v) is 4.39. The number of imidazole rings is 1. The molecular weight excluding hydrogens is 326 g/mol. The molecule has 6 nitrogen and oxygen atoms in total. The Morgan fingerprint density at radius 3 is 2.54 bits per heavy atom. The number of aromatic nitrogens is 2. The molecule has 2 heterocycles. The van der Waals surface area contributed by atoms with Crippen molar-refractivity contribution in [2.75, 3.05) is 36.8 Å². The van der Waals surface area contributed by atoms with Crippen molar-refractivity contribution in [3.05, 3.63) is 42.5 Å². The first-order valence-electron chi connectivity index (χ1n) is 7.93. The second-order valence-corrected chi connectivity index (χ2v) is 6.16. The molecule has 1 aliphatic rings. The van der Waals surface area contributed by atoms with Crippen molar-refractivity contribution in [1.29, 1.82) is 0 Å². The van der Waals surface area contributed by atoms with Gasteiger partial charge in [0, 0.05) is 37.6 Å². The Morgan fingerprint density at radius 1 is 1.25 bits per heavy atom. The maximum atomic E-state index is 12.4. The molecule has 1 aliphatic heterocycles. The van der Waals surface area contributed by atoms with Gasteiger partial charge in [0.2, 0.25) is 6.33 Å². The Morgan fingerprint density at radius 2 is 1.96 bits per heavy atom. The van der Waals surface area contributed by atoms with E-state index in [4.69, 9.17) is 5.73 Å². The lowest BCUT2D eigenvalue weighted by Crippen LogP contribution is -3.00. The Bertz CT molecular complexity index is 707. The van der Waals surface area contributed by atoms with Crippen LogP contribution < -0.4 is 27.6 Å². The number of rotatable bonds is 3. The van der Waals surface area contributed by atoms with E-state index in [-0.39, 0.29) is 18.3 Å². The normalized spacial score (nSPS) is 14.4. The first-order chi connectivity index (χ1) is 11.0. The van der Waals surface area contributed by atoms with E-state index in [9.17, 15) is 4.79 Å². The van der Waals surface area contributed by atoms with Crippen LogP contribution >= 0.6 is 0 Å². The summed E-state index contributed by atoms with van der Waals surface area (Å²) in [7, 11) is 1.95. The summed E-state index contributed by atoms with van der Waals surface area (Å²) in [6.45, 7) is 5.66. The number of piperazine rings is 1. The van der Waals surface area contributed by atoms with E-state index in [2.05, 4.69) is 17.0 Å². The average molecular weight is 350 g/mol. The lowest BCUT2D eigenvalue weighted by atomic mass is 10.1. The van der Waals surface area contributed by atoms with Gasteiger partial charge >= 0.3 is 0 Å². The summed E-state index contributed by atoms with van der Waals surface area (Å²) in [6.07, 6.45) is 5.78. The zero-order valence-corrected chi connectivity index (χ0v) is 14.9. The topological polar surface area (TPSA) is 58.4 Å². The van der Waals surface area contributed by atoms with Crippen LogP contribution in [0.5, 0.6) is 0 Å². The quantitative estimate of drug-likeness (QED) is 0.495. The summed E-state index contributed by atoms with van der Waals surface area (Å²) in [4.78, 5) is 16.6. The largest absolute Gasteiger partial charge is 1.00 e. The van der Waals surface area contributed by atoms with Crippen LogP contribution in [0.1, 0.15) is 5.56 Å². The van der Waals surface area contributed by atoms with E-state index in [0.29, 0.717) is 6.54 Å². The highest BCUT2D eigenvalue weighted by molar-refractivity contribution is 5.76. The third kappa shape index (κ3) is 4.00. The monoisotopic (exact) mass is 349 g/mol. The summed E-state index contributed by atoms with van der Waals surface area (Å²) >= 11 is 0. The second kappa shape index (κ2) is 7.57. The van der Waals surface area contributed by atoms with Crippen molar-refractivity contribution in [3.63, 3.8) is 0 Å². The molecule has 0 bridgehead atoms. The Kier molecular flexibility index (Phi) is 5.72. The molecule has 24 heavy (non-hydrogen) atoms. The number of nitrogens with two attached hydrogens (primary N) is 1. The molecule has 1 saturated heterocycles. The summed E-state index contributed by atoms with van der Waals surface area (Å²) in [5.74, 6) is 0.175. The number of anilines is 2. The summed E-state index contributed by atoms with van der Waals surface area (Å²) in [5.41, 5.74) is 8.98. The van der Waals surface area contributed by atoms with Crippen molar-refractivity contribution in [1.82, 2.24) is 9.47 Å². The van der Waals surface area contributed by atoms with Crippen LogP contribution in [0.15, 0.2) is 36.9 Å². The van der Waals surface area contributed by atoms with Crippen LogP contribution in [-0.4, -0.2) is 41.6 Å². The molecular formula is C17H24ClN5O. The van der Waals surface area contributed by atoms with Gasteiger partial charge in [-0.2, -0.15) is 0 Å². The van der Waals surface area contributed by atoms with Crippen LogP contribution in [0.3, 0.4) is 0 Å². The zero-order chi connectivity index (χ0) is 16.4. The highest BCUT2D eigenvalue weighted by Crippen LogP contribution is 2.21. The molecule has 7 heteroatoms. The first kappa shape index (κ1) is 18.1. The number of hydrogen-bond acceptors (Lipinski definition) is 3. The van der Waals surface area contributed by atoms with Crippen LogP contribution in [0, 0.1) is 6.92 Å². The van der Waals surface area contributed by atoms with Crippen molar-refractivity contribution in [2.24, 2.45) is 7.05 Å². The minimum Gasteiger partial charge on any atom is -1.00 e. The number of carbonyl (C=O) groups excluding carboxylic acids is 1. The van der Waals surface area contributed by atoms with E-state index in [1.54, 1.807) is 0 Å². The summed E-state index contributed by atoms with van der Waals surface area (Å²) in [5, 5.41) is 0. The lowest BCUT2D eigenvalue weighted by Gasteiger charge is -2.36. The standard InChI is InChI=1S/C17H24N5O.ClH/c1-14-11-15(3-4-16(14)18)21-7-9-22(10-8-21)17(23)12-20-6-5-19(2)13-20;/h3-6,11,13H,7-10,12,18H2,1-2H3;1H/q+1;/p-1. The van der Waals surface area contributed by atoms with Crippen molar-refractivity contribution in [2.45, 2.75) is 13.5 Å². The Hall–Kier alpha value is -2.21. The first-order valence-corrected chi connectivity index (χ1v) is 7.93. The number of nitrogen functional groups attached to an aromatic ring is 1. The van der Waals surface area contributed by atoms with Gasteiger partial charge < -0.3 is 27.9 Å². The molecule has 2 N–H and O–H groups in total. The minimum atomic E-state index is 0. The van der Waals surface area contributed by atoms with Gasteiger partial charge in [0.15, 0.2) is 6.54 Å². The summed E-state index contributed by atoms with van der Waals surface area (Å²) < 4.78 is 3.85. The maximum absolute atomic E-state index is 12.4. The lowest BCUT2D eigenvalue weighted by molar-refractivity contribution is -0.671. The molecule has 130 valence electrons. The van der Waals surface area contributed by atoms with E-state index in [1.807, 2.05) is 52.8 Å². The molecule has 3 rings (SSSR count). The van der Waals surface area contributed by atoms with Crippen LogP contribution in [0.25, 0.3) is 0 Å².